The summed E-state index contributed by atoms with van der Waals surface area (Å²) in [5, 5.41) is 19.0. The lowest BCUT2D eigenvalue weighted by atomic mass is 10.1. The highest BCUT2D eigenvalue weighted by Gasteiger charge is 2.33. The quantitative estimate of drug-likeness (QED) is 0.806. The SMILES string of the molecule is CCOC(=O)C(O)C(O)c1cc(C(F)(F)F)ccn1. The van der Waals surface area contributed by atoms with Crippen LogP contribution in [0.3, 0.4) is 0 Å². The fourth-order valence-electron chi connectivity index (χ4n) is 1.30. The number of hydrogen-bond acceptors (Lipinski definition) is 5. The van der Waals surface area contributed by atoms with Crippen molar-refractivity contribution >= 4 is 5.97 Å². The summed E-state index contributed by atoms with van der Waals surface area (Å²) in [7, 11) is 0. The number of alkyl halides is 3. The minimum Gasteiger partial charge on any atom is -0.464 e. The fraction of sp³-hybridized carbons (Fsp3) is 0.455. The second-order valence-electron chi connectivity index (χ2n) is 3.61. The molecule has 19 heavy (non-hydrogen) atoms. The van der Waals surface area contributed by atoms with Gasteiger partial charge >= 0.3 is 12.1 Å². The minimum absolute atomic E-state index is 0.0291. The molecule has 0 bridgehead atoms. The average Bonchev–Trinajstić information content (AvgIpc) is 2.36. The molecule has 0 spiro atoms. The highest BCUT2D eigenvalue weighted by Crippen LogP contribution is 2.30. The molecule has 0 aromatic carbocycles. The molecule has 1 heterocycles. The zero-order valence-corrected chi connectivity index (χ0v) is 9.89. The molecule has 1 rings (SSSR count). The molecule has 5 nitrogen and oxygen atoms in total. The smallest absolute Gasteiger partial charge is 0.416 e. The maximum Gasteiger partial charge on any atom is 0.416 e. The predicted octanol–water partition coefficient (Wildman–Crippen LogP) is 1.06. The maximum atomic E-state index is 12.4. The van der Waals surface area contributed by atoms with Gasteiger partial charge in [0.25, 0.3) is 0 Å². The molecule has 0 fully saturated rings. The summed E-state index contributed by atoms with van der Waals surface area (Å²) in [5.74, 6) is -1.13. The molecule has 1 aromatic rings. The first-order chi connectivity index (χ1) is 8.77. The second kappa shape index (κ2) is 5.98. The van der Waals surface area contributed by atoms with Gasteiger partial charge in [0.1, 0.15) is 6.10 Å². The van der Waals surface area contributed by atoms with Crippen LogP contribution in [-0.2, 0) is 15.7 Å². The van der Waals surface area contributed by atoms with E-state index in [1.54, 1.807) is 0 Å². The molecule has 0 aliphatic carbocycles. The molecule has 2 unspecified atom stereocenters. The van der Waals surface area contributed by atoms with Gasteiger partial charge in [0.05, 0.1) is 17.9 Å². The first-order valence-corrected chi connectivity index (χ1v) is 5.33. The van der Waals surface area contributed by atoms with Gasteiger partial charge in [-0.15, -0.1) is 0 Å². The van der Waals surface area contributed by atoms with Gasteiger partial charge in [-0.05, 0) is 19.1 Å². The van der Waals surface area contributed by atoms with Gasteiger partial charge in [-0.1, -0.05) is 0 Å². The molecule has 2 atom stereocenters. The number of aliphatic hydroxyl groups is 2. The molecule has 0 aliphatic rings. The predicted molar refractivity (Wildman–Crippen MR) is 56.8 cm³/mol. The summed E-state index contributed by atoms with van der Waals surface area (Å²) in [6.07, 6.45) is -7.65. The van der Waals surface area contributed by atoms with Crippen molar-refractivity contribution in [3.05, 3.63) is 29.6 Å². The van der Waals surface area contributed by atoms with Crippen LogP contribution in [0.5, 0.6) is 0 Å². The number of hydrogen-bond donors (Lipinski definition) is 2. The van der Waals surface area contributed by atoms with E-state index >= 15 is 0 Å². The zero-order valence-electron chi connectivity index (χ0n) is 9.89. The molecule has 0 amide bonds. The summed E-state index contributed by atoms with van der Waals surface area (Å²) in [6.45, 7) is 1.46. The number of aromatic nitrogens is 1. The highest BCUT2D eigenvalue weighted by molar-refractivity contribution is 5.75. The number of ether oxygens (including phenoxy) is 1. The number of carbonyl (C=O) groups is 1. The summed E-state index contributed by atoms with van der Waals surface area (Å²) < 4.78 is 41.8. The molecule has 2 N–H and O–H groups in total. The Kier molecular flexibility index (Phi) is 4.84. The summed E-state index contributed by atoms with van der Waals surface area (Å²) in [4.78, 5) is 14.7. The topological polar surface area (TPSA) is 79.7 Å². The van der Waals surface area contributed by atoms with Crippen molar-refractivity contribution in [3.63, 3.8) is 0 Å². The van der Waals surface area contributed by atoms with Crippen LogP contribution in [0, 0.1) is 0 Å². The van der Waals surface area contributed by atoms with E-state index in [-0.39, 0.29) is 6.61 Å². The van der Waals surface area contributed by atoms with Crippen LogP contribution in [0.4, 0.5) is 13.2 Å². The number of pyridine rings is 1. The van der Waals surface area contributed by atoms with Gasteiger partial charge in [0.15, 0.2) is 6.10 Å². The van der Waals surface area contributed by atoms with Crippen LogP contribution in [0.1, 0.15) is 24.3 Å². The van der Waals surface area contributed by atoms with Crippen molar-refractivity contribution < 1.29 is 32.9 Å². The number of esters is 1. The summed E-state index contributed by atoms with van der Waals surface area (Å²) in [5.41, 5.74) is -1.50. The van der Waals surface area contributed by atoms with E-state index in [0.29, 0.717) is 12.1 Å². The number of carbonyl (C=O) groups excluding carboxylic acids is 1. The lowest BCUT2D eigenvalue weighted by Gasteiger charge is -2.16. The van der Waals surface area contributed by atoms with Crippen molar-refractivity contribution in [2.24, 2.45) is 0 Å². The Hall–Kier alpha value is -1.67. The minimum atomic E-state index is -4.60. The van der Waals surface area contributed by atoms with Crippen LogP contribution in [0.25, 0.3) is 0 Å². The molecule has 0 saturated carbocycles. The molecule has 8 heteroatoms. The molecule has 106 valence electrons. The Morgan fingerprint density at radius 3 is 2.63 bits per heavy atom. The van der Waals surface area contributed by atoms with Crippen molar-refractivity contribution in [1.29, 1.82) is 0 Å². The average molecular weight is 279 g/mol. The zero-order chi connectivity index (χ0) is 14.6. The lowest BCUT2D eigenvalue weighted by molar-refractivity contribution is -0.159. The number of nitrogens with zero attached hydrogens (tertiary/aromatic N) is 1. The van der Waals surface area contributed by atoms with Gasteiger partial charge < -0.3 is 14.9 Å². The van der Waals surface area contributed by atoms with Gasteiger partial charge in [-0.25, -0.2) is 4.79 Å². The van der Waals surface area contributed by atoms with E-state index in [9.17, 15) is 28.2 Å². The van der Waals surface area contributed by atoms with E-state index in [4.69, 9.17) is 0 Å². The first-order valence-electron chi connectivity index (χ1n) is 5.33. The van der Waals surface area contributed by atoms with Gasteiger partial charge in [0, 0.05) is 6.20 Å². The third-order valence-electron chi connectivity index (χ3n) is 2.24. The van der Waals surface area contributed by atoms with E-state index in [2.05, 4.69) is 9.72 Å². The van der Waals surface area contributed by atoms with Gasteiger partial charge in [-0.2, -0.15) is 13.2 Å². The Balaban J connectivity index is 2.94. The monoisotopic (exact) mass is 279 g/mol. The first kappa shape index (κ1) is 15.4. The Morgan fingerprint density at radius 2 is 2.11 bits per heavy atom. The summed E-state index contributed by atoms with van der Waals surface area (Å²) >= 11 is 0. The van der Waals surface area contributed by atoms with Crippen LogP contribution in [-0.4, -0.2) is 33.9 Å². The molecular formula is C11H12F3NO4. The van der Waals surface area contributed by atoms with E-state index in [1.807, 2.05) is 0 Å². The molecule has 0 radical (unpaired) electrons. The normalized spacial score (nSPS) is 14.8. The van der Waals surface area contributed by atoms with Crippen LogP contribution in [0.15, 0.2) is 18.3 Å². The van der Waals surface area contributed by atoms with Gasteiger partial charge in [-0.3, -0.25) is 4.98 Å². The van der Waals surface area contributed by atoms with Crippen LogP contribution < -0.4 is 0 Å². The number of rotatable bonds is 4. The van der Waals surface area contributed by atoms with Crippen molar-refractivity contribution in [2.45, 2.75) is 25.3 Å². The highest BCUT2D eigenvalue weighted by atomic mass is 19.4. The molecule has 1 aromatic heterocycles. The second-order valence-corrected chi connectivity index (χ2v) is 3.61. The van der Waals surface area contributed by atoms with E-state index in [0.717, 1.165) is 6.20 Å². The third kappa shape index (κ3) is 3.90. The Morgan fingerprint density at radius 1 is 1.47 bits per heavy atom. The van der Waals surface area contributed by atoms with E-state index < -0.39 is 35.6 Å². The van der Waals surface area contributed by atoms with Crippen molar-refractivity contribution in [2.75, 3.05) is 6.61 Å². The molecule has 0 saturated heterocycles. The Labute approximate surface area is 106 Å². The van der Waals surface area contributed by atoms with Crippen LogP contribution in [0.2, 0.25) is 0 Å². The maximum absolute atomic E-state index is 12.4. The Bertz CT molecular complexity index is 450. The van der Waals surface area contributed by atoms with Crippen molar-refractivity contribution in [1.82, 2.24) is 4.98 Å². The standard InChI is InChI=1S/C11H12F3NO4/c1-2-19-10(18)9(17)8(16)7-5-6(3-4-15-7)11(12,13)14/h3-5,8-9,16-17H,2H2,1H3. The third-order valence-corrected chi connectivity index (χ3v) is 2.24. The number of halogens is 3. The fourth-order valence-corrected chi connectivity index (χ4v) is 1.30. The largest absolute Gasteiger partial charge is 0.464 e. The lowest BCUT2D eigenvalue weighted by Crippen LogP contribution is -2.30. The number of aliphatic hydroxyl groups excluding tert-OH is 2. The van der Waals surface area contributed by atoms with Crippen LogP contribution >= 0.6 is 0 Å². The molecular weight excluding hydrogens is 267 g/mol. The van der Waals surface area contributed by atoms with Gasteiger partial charge in [0.2, 0.25) is 0 Å². The van der Waals surface area contributed by atoms with Crippen molar-refractivity contribution in [3.8, 4) is 0 Å². The van der Waals surface area contributed by atoms with E-state index in [1.165, 1.54) is 6.92 Å². The summed E-state index contributed by atoms with van der Waals surface area (Å²) in [6, 6.07) is 1.28. The molecule has 0 aliphatic heterocycles.